The highest BCUT2D eigenvalue weighted by Crippen LogP contribution is 2.16. The summed E-state index contributed by atoms with van der Waals surface area (Å²) in [6, 6.07) is 9.99. The number of rotatable bonds is 8. The quantitative estimate of drug-likeness (QED) is 0.655. The van der Waals surface area contributed by atoms with Gasteiger partial charge in [-0.3, -0.25) is 0 Å². The summed E-state index contributed by atoms with van der Waals surface area (Å²) in [5.41, 5.74) is 2.81. The minimum absolute atomic E-state index is 0.410. The Morgan fingerprint density at radius 1 is 1.11 bits per heavy atom. The Hall–Kier alpha value is -1.08. The third-order valence-electron chi connectivity index (χ3n) is 3.46. The molecular weight excluding hydrogens is 230 g/mol. The Morgan fingerprint density at radius 2 is 1.74 bits per heavy atom. The maximum absolute atomic E-state index is 3.78. The van der Waals surface area contributed by atoms with Crippen LogP contribution in [-0.4, -0.2) is 6.04 Å². The van der Waals surface area contributed by atoms with E-state index in [-0.39, 0.29) is 0 Å². The molecular formula is C18H29N. The van der Waals surface area contributed by atoms with Crippen LogP contribution in [0.25, 0.3) is 0 Å². The predicted molar refractivity (Wildman–Crippen MR) is 85.4 cm³/mol. The summed E-state index contributed by atoms with van der Waals surface area (Å²) in [7, 11) is 0. The van der Waals surface area contributed by atoms with Crippen molar-refractivity contribution in [3.63, 3.8) is 0 Å². The lowest BCUT2D eigenvalue weighted by Crippen LogP contribution is -2.28. The van der Waals surface area contributed by atoms with Crippen molar-refractivity contribution < 1.29 is 0 Å². The summed E-state index contributed by atoms with van der Waals surface area (Å²) in [6.07, 6.45) is 5.38. The summed E-state index contributed by atoms with van der Waals surface area (Å²) in [4.78, 5) is 0. The first-order valence-corrected chi connectivity index (χ1v) is 7.48. The van der Waals surface area contributed by atoms with Crippen molar-refractivity contribution in [2.45, 2.75) is 59.0 Å². The van der Waals surface area contributed by atoms with Crippen LogP contribution in [0, 0.1) is 5.92 Å². The van der Waals surface area contributed by atoms with Crippen LogP contribution in [-0.2, 0) is 6.42 Å². The lowest BCUT2D eigenvalue weighted by atomic mass is 9.99. The van der Waals surface area contributed by atoms with E-state index in [1.807, 2.05) is 6.08 Å². The van der Waals surface area contributed by atoms with Gasteiger partial charge in [0.2, 0.25) is 0 Å². The second-order valence-electron chi connectivity index (χ2n) is 5.99. The van der Waals surface area contributed by atoms with E-state index in [9.17, 15) is 0 Å². The van der Waals surface area contributed by atoms with Crippen molar-refractivity contribution in [1.82, 2.24) is 5.32 Å². The molecule has 19 heavy (non-hydrogen) atoms. The molecule has 0 aliphatic heterocycles. The van der Waals surface area contributed by atoms with Crippen LogP contribution in [0.2, 0.25) is 0 Å². The summed E-state index contributed by atoms with van der Waals surface area (Å²) in [5.74, 6) is 0.723. The molecule has 1 nitrogen and oxygen atoms in total. The van der Waals surface area contributed by atoms with Crippen LogP contribution < -0.4 is 5.32 Å². The molecule has 0 radical (unpaired) electrons. The van der Waals surface area contributed by atoms with Gasteiger partial charge in [-0.1, -0.05) is 44.2 Å². The highest BCUT2D eigenvalue weighted by molar-refractivity contribution is 5.25. The molecule has 2 atom stereocenters. The molecule has 106 valence electrons. The van der Waals surface area contributed by atoms with Crippen molar-refractivity contribution in [3.05, 3.63) is 48.0 Å². The predicted octanol–water partition coefficient (Wildman–Crippen LogP) is 4.89. The fourth-order valence-corrected chi connectivity index (χ4v) is 2.39. The highest BCUT2D eigenvalue weighted by Gasteiger charge is 2.09. The lowest BCUT2D eigenvalue weighted by Gasteiger charge is -2.20. The van der Waals surface area contributed by atoms with E-state index in [2.05, 4.69) is 63.9 Å². The smallest absolute Gasteiger partial charge is 0.0294 e. The molecule has 0 heterocycles. The molecule has 0 bridgehead atoms. The molecule has 0 spiro atoms. The van der Waals surface area contributed by atoms with Crippen LogP contribution in [0.1, 0.15) is 57.7 Å². The number of benzene rings is 1. The van der Waals surface area contributed by atoms with Crippen molar-refractivity contribution in [1.29, 1.82) is 0 Å². The summed E-state index contributed by atoms with van der Waals surface area (Å²) >= 11 is 0. The van der Waals surface area contributed by atoms with Gasteiger partial charge in [0, 0.05) is 12.1 Å². The van der Waals surface area contributed by atoms with Crippen LogP contribution >= 0.6 is 0 Å². The molecule has 0 fully saturated rings. The number of allylic oxidation sites excluding steroid dienone is 1. The Labute approximate surface area is 119 Å². The Kier molecular flexibility index (Phi) is 6.86. The minimum Gasteiger partial charge on any atom is -0.308 e. The van der Waals surface area contributed by atoms with Crippen molar-refractivity contribution >= 4 is 0 Å². The van der Waals surface area contributed by atoms with Crippen LogP contribution in [0.3, 0.4) is 0 Å². The lowest BCUT2D eigenvalue weighted by molar-refractivity contribution is 0.459. The maximum Gasteiger partial charge on any atom is 0.0294 e. The first-order valence-electron chi connectivity index (χ1n) is 7.48. The van der Waals surface area contributed by atoms with E-state index in [1.165, 1.54) is 11.1 Å². The minimum atomic E-state index is 0.410. The van der Waals surface area contributed by atoms with Crippen LogP contribution in [0.5, 0.6) is 0 Å². The van der Waals surface area contributed by atoms with Gasteiger partial charge < -0.3 is 5.32 Å². The van der Waals surface area contributed by atoms with Gasteiger partial charge in [0.15, 0.2) is 0 Å². The topological polar surface area (TPSA) is 12.0 Å². The standard InChI is InChI=1S/C18H29N/c1-6-7-8-15(4)19-16(5)18-11-9-17(10-12-18)13-14(2)3/h6,9-12,14-16,19H,1,7-8,13H2,2-5H3. The van der Waals surface area contributed by atoms with Gasteiger partial charge in [0.25, 0.3) is 0 Å². The average Bonchev–Trinajstić information content (AvgIpc) is 2.36. The number of nitrogens with one attached hydrogen (secondary N) is 1. The fraction of sp³-hybridized carbons (Fsp3) is 0.556. The molecule has 0 aromatic heterocycles. The van der Waals surface area contributed by atoms with Gasteiger partial charge in [0.05, 0.1) is 0 Å². The first-order chi connectivity index (χ1) is 9.02. The molecule has 1 aromatic carbocycles. The normalized spacial score (nSPS) is 14.4. The third kappa shape index (κ3) is 6.07. The largest absolute Gasteiger partial charge is 0.308 e. The van der Waals surface area contributed by atoms with E-state index in [4.69, 9.17) is 0 Å². The molecule has 0 saturated heterocycles. The van der Waals surface area contributed by atoms with E-state index >= 15 is 0 Å². The average molecular weight is 259 g/mol. The molecule has 1 rings (SSSR count). The van der Waals surface area contributed by atoms with Crippen LogP contribution in [0.4, 0.5) is 0 Å². The summed E-state index contributed by atoms with van der Waals surface area (Å²) < 4.78 is 0. The van der Waals surface area contributed by atoms with E-state index < -0.39 is 0 Å². The third-order valence-corrected chi connectivity index (χ3v) is 3.46. The molecule has 1 aromatic rings. The maximum atomic E-state index is 3.78. The molecule has 0 saturated carbocycles. The van der Waals surface area contributed by atoms with Crippen LogP contribution in [0.15, 0.2) is 36.9 Å². The van der Waals surface area contributed by atoms with Gasteiger partial charge in [0.1, 0.15) is 0 Å². The van der Waals surface area contributed by atoms with Gasteiger partial charge >= 0.3 is 0 Å². The SMILES string of the molecule is C=CCCC(C)NC(C)c1ccc(CC(C)C)cc1. The van der Waals surface area contributed by atoms with E-state index in [1.54, 1.807) is 0 Å². The molecule has 0 amide bonds. The van der Waals surface area contributed by atoms with Crippen molar-refractivity contribution in [2.75, 3.05) is 0 Å². The molecule has 0 aliphatic carbocycles. The zero-order valence-corrected chi connectivity index (χ0v) is 12.9. The number of hydrogen-bond acceptors (Lipinski definition) is 1. The second kappa shape index (κ2) is 8.16. The Morgan fingerprint density at radius 3 is 2.26 bits per heavy atom. The molecule has 1 heteroatoms. The van der Waals surface area contributed by atoms with E-state index in [0.29, 0.717) is 12.1 Å². The highest BCUT2D eigenvalue weighted by atomic mass is 14.9. The second-order valence-corrected chi connectivity index (χ2v) is 5.99. The molecule has 0 aliphatic rings. The molecule has 2 unspecified atom stereocenters. The summed E-state index contributed by atoms with van der Waals surface area (Å²) in [5, 5.41) is 3.64. The Bertz CT molecular complexity index is 364. The van der Waals surface area contributed by atoms with Gasteiger partial charge in [-0.05, 0) is 50.2 Å². The monoisotopic (exact) mass is 259 g/mol. The Balaban J connectivity index is 2.52. The number of hydrogen-bond donors (Lipinski definition) is 1. The van der Waals surface area contributed by atoms with Gasteiger partial charge in [-0.15, -0.1) is 6.58 Å². The summed E-state index contributed by atoms with van der Waals surface area (Å²) in [6.45, 7) is 12.8. The fourth-order valence-electron chi connectivity index (χ4n) is 2.39. The van der Waals surface area contributed by atoms with Crippen molar-refractivity contribution in [3.8, 4) is 0 Å². The zero-order chi connectivity index (χ0) is 14.3. The zero-order valence-electron chi connectivity index (χ0n) is 12.9. The van der Waals surface area contributed by atoms with Crippen molar-refractivity contribution in [2.24, 2.45) is 5.92 Å². The molecule has 1 N–H and O–H groups in total. The van der Waals surface area contributed by atoms with Gasteiger partial charge in [-0.25, -0.2) is 0 Å². The van der Waals surface area contributed by atoms with Gasteiger partial charge in [-0.2, -0.15) is 0 Å². The van der Waals surface area contributed by atoms with E-state index in [0.717, 1.165) is 25.2 Å². The first kappa shape index (κ1) is 16.0.